The van der Waals surface area contributed by atoms with E-state index in [4.69, 9.17) is 0 Å². The second kappa shape index (κ2) is 7.02. The van der Waals surface area contributed by atoms with Crippen LogP contribution < -0.4 is 5.32 Å². The molecule has 0 aliphatic carbocycles. The third-order valence-corrected chi connectivity index (χ3v) is 3.67. The van der Waals surface area contributed by atoms with E-state index in [0.29, 0.717) is 10.5 Å². The molecule has 0 aromatic heterocycles. The van der Waals surface area contributed by atoms with Gasteiger partial charge in [0.2, 0.25) is 0 Å². The first kappa shape index (κ1) is 13.7. The van der Waals surface area contributed by atoms with E-state index in [0.717, 1.165) is 31.4 Å². The highest BCUT2D eigenvalue weighted by atomic mass is 79.9. The smallest absolute Gasteiger partial charge is 0.137 e. The van der Waals surface area contributed by atoms with Crippen molar-refractivity contribution in [2.24, 2.45) is 0 Å². The van der Waals surface area contributed by atoms with E-state index in [1.165, 1.54) is 6.07 Å². The fourth-order valence-corrected chi connectivity index (χ4v) is 2.27. The predicted molar refractivity (Wildman–Crippen MR) is 70.2 cm³/mol. The zero-order valence-corrected chi connectivity index (χ0v) is 11.5. The van der Waals surface area contributed by atoms with Crippen LogP contribution in [0.25, 0.3) is 0 Å². The fraction of sp³-hybridized carbons (Fsp3) is 0.538. The normalized spacial score (nSPS) is 12.8. The molecule has 0 aliphatic rings. The summed E-state index contributed by atoms with van der Waals surface area (Å²) in [5.41, 5.74) is 1.05. The summed E-state index contributed by atoms with van der Waals surface area (Å²) in [6, 6.07) is 5.75. The van der Waals surface area contributed by atoms with Gasteiger partial charge in [0.1, 0.15) is 5.82 Å². The fourth-order valence-electron chi connectivity index (χ4n) is 1.81. The summed E-state index contributed by atoms with van der Waals surface area (Å²) < 4.78 is 13.9. The Morgan fingerprint density at radius 3 is 2.75 bits per heavy atom. The van der Waals surface area contributed by atoms with Crippen molar-refractivity contribution >= 4 is 15.9 Å². The Hall–Kier alpha value is -0.410. The van der Waals surface area contributed by atoms with E-state index >= 15 is 0 Å². The number of nitrogens with one attached hydrogen (secondary N) is 1. The van der Waals surface area contributed by atoms with Crippen LogP contribution in [-0.4, -0.2) is 12.6 Å². The standard InChI is InChI=1S/C13H19BrFN/c1-3-11(16-4-2)9-8-10-6-5-7-12(15)13(10)14/h5-7,11,16H,3-4,8-9H2,1-2H3. The summed E-state index contributed by atoms with van der Waals surface area (Å²) in [6.45, 7) is 5.28. The molecule has 1 nitrogen and oxygen atoms in total. The monoisotopic (exact) mass is 287 g/mol. The number of aryl methyl sites for hydroxylation is 1. The van der Waals surface area contributed by atoms with E-state index < -0.39 is 0 Å². The number of hydrogen-bond acceptors (Lipinski definition) is 1. The van der Waals surface area contributed by atoms with Crippen molar-refractivity contribution in [3.05, 3.63) is 34.1 Å². The molecule has 1 atom stereocenters. The van der Waals surface area contributed by atoms with Gasteiger partial charge in [-0.1, -0.05) is 26.0 Å². The Labute approximate surface area is 106 Å². The molecule has 0 saturated heterocycles. The lowest BCUT2D eigenvalue weighted by atomic mass is 10.0. The van der Waals surface area contributed by atoms with Gasteiger partial charge < -0.3 is 5.32 Å². The molecule has 1 N–H and O–H groups in total. The minimum Gasteiger partial charge on any atom is -0.314 e. The lowest BCUT2D eigenvalue weighted by Crippen LogP contribution is -2.28. The molecular formula is C13H19BrFN. The second-order valence-electron chi connectivity index (χ2n) is 3.91. The first-order valence-corrected chi connectivity index (χ1v) is 6.64. The van der Waals surface area contributed by atoms with E-state index in [1.54, 1.807) is 6.07 Å². The Balaban J connectivity index is 2.56. The number of hydrogen-bond donors (Lipinski definition) is 1. The first-order valence-electron chi connectivity index (χ1n) is 5.85. The van der Waals surface area contributed by atoms with Gasteiger partial charge >= 0.3 is 0 Å². The maximum atomic E-state index is 13.3. The lowest BCUT2D eigenvalue weighted by molar-refractivity contribution is 0.480. The van der Waals surface area contributed by atoms with Gasteiger partial charge in [-0.25, -0.2) is 4.39 Å². The molecule has 16 heavy (non-hydrogen) atoms. The van der Waals surface area contributed by atoms with Crippen molar-refractivity contribution in [1.82, 2.24) is 5.32 Å². The third kappa shape index (κ3) is 3.87. The van der Waals surface area contributed by atoms with Gasteiger partial charge in [0.15, 0.2) is 0 Å². The highest BCUT2D eigenvalue weighted by molar-refractivity contribution is 9.10. The summed E-state index contributed by atoms with van der Waals surface area (Å²) in [5, 5.41) is 3.43. The van der Waals surface area contributed by atoms with Crippen molar-refractivity contribution in [1.29, 1.82) is 0 Å². The van der Waals surface area contributed by atoms with Crippen molar-refractivity contribution in [3.63, 3.8) is 0 Å². The molecule has 1 rings (SSSR count). The van der Waals surface area contributed by atoms with Gasteiger partial charge in [-0.3, -0.25) is 0 Å². The van der Waals surface area contributed by atoms with Crippen LogP contribution in [-0.2, 0) is 6.42 Å². The van der Waals surface area contributed by atoms with Crippen LogP contribution in [0.5, 0.6) is 0 Å². The van der Waals surface area contributed by atoms with E-state index in [2.05, 4.69) is 35.1 Å². The highest BCUT2D eigenvalue weighted by Gasteiger charge is 2.08. The van der Waals surface area contributed by atoms with Gasteiger partial charge in [-0.15, -0.1) is 0 Å². The quantitative estimate of drug-likeness (QED) is 0.837. The minimum absolute atomic E-state index is 0.172. The van der Waals surface area contributed by atoms with Crippen molar-refractivity contribution in [2.45, 2.75) is 39.2 Å². The average Bonchev–Trinajstić information content (AvgIpc) is 2.29. The average molecular weight is 288 g/mol. The molecule has 0 heterocycles. The van der Waals surface area contributed by atoms with Gasteiger partial charge in [0.25, 0.3) is 0 Å². The first-order chi connectivity index (χ1) is 7.69. The molecule has 0 radical (unpaired) electrons. The molecule has 0 amide bonds. The number of benzene rings is 1. The van der Waals surface area contributed by atoms with Crippen LogP contribution in [0.1, 0.15) is 32.3 Å². The zero-order valence-electron chi connectivity index (χ0n) is 9.89. The Morgan fingerprint density at radius 1 is 1.38 bits per heavy atom. The molecule has 3 heteroatoms. The highest BCUT2D eigenvalue weighted by Crippen LogP contribution is 2.22. The molecular weight excluding hydrogens is 269 g/mol. The van der Waals surface area contributed by atoms with Gasteiger partial charge in [0, 0.05) is 6.04 Å². The summed E-state index contributed by atoms with van der Waals surface area (Å²) in [4.78, 5) is 0. The molecule has 0 saturated carbocycles. The Bertz CT molecular complexity index is 328. The summed E-state index contributed by atoms with van der Waals surface area (Å²) >= 11 is 3.30. The molecule has 0 bridgehead atoms. The van der Waals surface area contributed by atoms with E-state index in [-0.39, 0.29) is 5.82 Å². The van der Waals surface area contributed by atoms with Crippen LogP contribution in [0.2, 0.25) is 0 Å². The largest absolute Gasteiger partial charge is 0.314 e. The SMILES string of the molecule is CCNC(CC)CCc1cccc(F)c1Br. The van der Waals surface area contributed by atoms with Crippen LogP contribution in [0.3, 0.4) is 0 Å². The topological polar surface area (TPSA) is 12.0 Å². The Kier molecular flexibility index (Phi) is 5.99. The van der Waals surface area contributed by atoms with E-state index in [9.17, 15) is 4.39 Å². The minimum atomic E-state index is -0.172. The Morgan fingerprint density at radius 2 is 2.12 bits per heavy atom. The maximum absolute atomic E-state index is 13.3. The molecule has 0 fully saturated rings. The maximum Gasteiger partial charge on any atom is 0.137 e. The summed E-state index contributed by atoms with van der Waals surface area (Å²) in [5.74, 6) is -0.172. The second-order valence-corrected chi connectivity index (χ2v) is 4.71. The van der Waals surface area contributed by atoms with Crippen LogP contribution >= 0.6 is 15.9 Å². The molecule has 1 unspecified atom stereocenters. The van der Waals surface area contributed by atoms with Gasteiger partial charge in [-0.05, 0) is 53.4 Å². The van der Waals surface area contributed by atoms with Crippen molar-refractivity contribution < 1.29 is 4.39 Å². The molecule has 1 aromatic carbocycles. The molecule has 0 aliphatic heterocycles. The summed E-state index contributed by atoms with van der Waals surface area (Å²) in [6.07, 6.45) is 3.07. The number of halogens is 2. The molecule has 1 aromatic rings. The predicted octanol–water partition coefficient (Wildman–Crippen LogP) is 3.91. The third-order valence-electron chi connectivity index (χ3n) is 2.78. The van der Waals surface area contributed by atoms with E-state index in [1.807, 2.05) is 6.07 Å². The molecule has 90 valence electrons. The summed E-state index contributed by atoms with van der Waals surface area (Å²) in [7, 11) is 0. The van der Waals surface area contributed by atoms with Crippen LogP contribution in [0, 0.1) is 5.82 Å². The van der Waals surface area contributed by atoms with Gasteiger partial charge in [0.05, 0.1) is 4.47 Å². The van der Waals surface area contributed by atoms with Crippen molar-refractivity contribution in [2.75, 3.05) is 6.54 Å². The van der Waals surface area contributed by atoms with Crippen LogP contribution in [0.15, 0.2) is 22.7 Å². The zero-order chi connectivity index (χ0) is 12.0. The molecule has 0 spiro atoms. The van der Waals surface area contributed by atoms with Crippen molar-refractivity contribution in [3.8, 4) is 0 Å². The lowest BCUT2D eigenvalue weighted by Gasteiger charge is -2.16. The number of rotatable bonds is 6. The van der Waals surface area contributed by atoms with Gasteiger partial charge in [-0.2, -0.15) is 0 Å². The van der Waals surface area contributed by atoms with Crippen LogP contribution in [0.4, 0.5) is 4.39 Å².